The number of rotatable bonds is 1. The van der Waals surface area contributed by atoms with Crippen LogP contribution in [0.5, 0.6) is 0 Å². The first kappa shape index (κ1) is 13.7. The predicted molar refractivity (Wildman–Crippen MR) is 87.7 cm³/mol. The Kier molecular flexibility index (Phi) is 3.59. The normalized spacial score (nSPS) is 10.9. The van der Waals surface area contributed by atoms with Crippen molar-refractivity contribution < 1.29 is 0 Å². The number of hydrogen-bond donors (Lipinski definition) is 1. The topological polar surface area (TPSA) is 32.9 Å². The van der Waals surface area contributed by atoms with Crippen LogP contribution in [-0.4, -0.2) is 4.98 Å². The van der Waals surface area contributed by atoms with Gasteiger partial charge < -0.3 is 4.98 Å². The van der Waals surface area contributed by atoms with Gasteiger partial charge in [0.15, 0.2) is 5.43 Å². The molecule has 0 atom stereocenters. The van der Waals surface area contributed by atoms with Crippen molar-refractivity contribution in [1.82, 2.24) is 4.98 Å². The molecule has 0 saturated carbocycles. The molecule has 3 aromatic rings. The molecule has 20 heavy (non-hydrogen) atoms. The van der Waals surface area contributed by atoms with Crippen molar-refractivity contribution >= 4 is 50.0 Å². The summed E-state index contributed by atoms with van der Waals surface area (Å²) in [5.41, 5.74) is 2.08. The van der Waals surface area contributed by atoms with Gasteiger partial charge in [-0.1, -0.05) is 53.5 Å². The average molecular weight is 369 g/mol. The van der Waals surface area contributed by atoms with E-state index in [1.165, 1.54) is 0 Å². The smallest absolute Gasteiger partial charge is 0.190 e. The van der Waals surface area contributed by atoms with Crippen LogP contribution in [0.1, 0.15) is 0 Å². The van der Waals surface area contributed by atoms with Gasteiger partial charge in [0.2, 0.25) is 0 Å². The largest absolute Gasteiger partial charge is 0.353 e. The highest BCUT2D eigenvalue weighted by molar-refractivity contribution is 9.10. The van der Waals surface area contributed by atoms with E-state index < -0.39 is 0 Å². The van der Waals surface area contributed by atoms with Crippen molar-refractivity contribution in [3.8, 4) is 11.3 Å². The Morgan fingerprint density at radius 2 is 1.70 bits per heavy atom. The first-order valence-electron chi connectivity index (χ1n) is 5.84. The van der Waals surface area contributed by atoms with Crippen molar-refractivity contribution in [2.75, 3.05) is 0 Å². The zero-order valence-electron chi connectivity index (χ0n) is 10.1. The molecule has 0 saturated heterocycles. The van der Waals surface area contributed by atoms with Gasteiger partial charge in [0.25, 0.3) is 0 Å². The zero-order valence-corrected chi connectivity index (χ0v) is 13.2. The summed E-state index contributed by atoms with van der Waals surface area (Å²) in [6, 6.07) is 12.8. The van der Waals surface area contributed by atoms with Crippen LogP contribution in [0.4, 0.5) is 0 Å². The number of aromatic nitrogens is 1. The van der Waals surface area contributed by atoms with Crippen LogP contribution < -0.4 is 5.43 Å². The Hall–Kier alpha value is -1.29. The van der Waals surface area contributed by atoms with E-state index in [1.54, 1.807) is 12.1 Å². The Morgan fingerprint density at radius 3 is 2.40 bits per heavy atom. The second kappa shape index (κ2) is 5.24. The van der Waals surface area contributed by atoms with E-state index in [0.29, 0.717) is 31.1 Å². The first-order chi connectivity index (χ1) is 9.58. The number of nitrogens with one attached hydrogen (secondary N) is 1. The number of hydrogen-bond acceptors (Lipinski definition) is 1. The molecule has 1 aromatic heterocycles. The summed E-state index contributed by atoms with van der Waals surface area (Å²) in [5.74, 6) is 0. The Balaban J connectivity index is 2.38. The van der Waals surface area contributed by atoms with Crippen LogP contribution in [0.15, 0.2) is 51.7 Å². The molecule has 3 rings (SSSR count). The van der Waals surface area contributed by atoms with Gasteiger partial charge in [-0.2, -0.15) is 0 Å². The highest BCUT2D eigenvalue weighted by Crippen LogP contribution is 2.35. The lowest BCUT2D eigenvalue weighted by molar-refractivity contribution is 1.38. The SMILES string of the molecule is O=c1cc(-c2ccccc2)[nH]c2c(Cl)c(Cl)c(Br)cc12. The van der Waals surface area contributed by atoms with E-state index in [0.717, 1.165) is 5.56 Å². The van der Waals surface area contributed by atoms with Gasteiger partial charge in [0.1, 0.15) is 0 Å². The third-order valence-corrected chi connectivity index (χ3v) is 4.77. The molecule has 100 valence electrons. The van der Waals surface area contributed by atoms with Crippen LogP contribution >= 0.6 is 39.1 Å². The number of aromatic amines is 1. The molecule has 0 radical (unpaired) electrons. The molecule has 0 aliphatic rings. The minimum absolute atomic E-state index is 0.100. The molecule has 1 N–H and O–H groups in total. The van der Waals surface area contributed by atoms with Gasteiger partial charge in [-0.25, -0.2) is 0 Å². The van der Waals surface area contributed by atoms with Crippen molar-refractivity contribution in [2.24, 2.45) is 0 Å². The maximum Gasteiger partial charge on any atom is 0.190 e. The molecular weight excluding hydrogens is 361 g/mol. The fourth-order valence-electron chi connectivity index (χ4n) is 2.06. The second-order valence-electron chi connectivity index (χ2n) is 4.32. The van der Waals surface area contributed by atoms with E-state index in [2.05, 4.69) is 20.9 Å². The third-order valence-electron chi connectivity index (χ3n) is 3.05. The molecule has 1 heterocycles. The van der Waals surface area contributed by atoms with E-state index >= 15 is 0 Å². The quantitative estimate of drug-likeness (QED) is 0.583. The fraction of sp³-hybridized carbons (Fsp3) is 0. The van der Waals surface area contributed by atoms with Gasteiger partial charge in [-0.05, 0) is 27.6 Å². The highest BCUT2D eigenvalue weighted by Gasteiger charge is 2.12. The molecule has 5 heteroatoms. The summed E-state index contributed by atoms with van der Waals surface area (Å²) in [5, 5.41) is 1.23. The van der Waals surface area contributed by atoms with Gasteiger partial charge in [-0.3, -0.25) is 4.79 Å². The summed E-state index contributed by atoms with van der Waals surface area (Å²) in [4.78, 5) is 15.4. The first-order valence-corrected chi connectivity index (χ1v) is 7.39. The minimum atomic E-state index is -0.100. The number of H-pyrrole nitrogens is 1. The predicted octanol–water partition coefficient (Wildman–Crippen LogP) is 5.26. The number of pyridine rings is 1. The van der Waals surface area contributed by atoms with Gasteiger partial charge >= 0.3 is 0 Å². The highest BCUT2D eigenvalue weighted by atomic mass is 79.9. The Labute approximate surface area is 133 Å². The number of fused-ring (bicyclic) bond motifs is 1. The van der Waals surface area contributed by atoms with E-state index in [-0.39, 0.29) is 5.43 Å². The minimum Gasteiger partial charge on any atom is -0.353 e. The third kappa shape index (κ3) is 2.26. The maximum atomic E-state index is 12.2. The molecule has 2 nitrogen and oxygen atoms in total. The van der Waals surface area contributed by atoms with Crippen LogP contribution in [0.2, 0.25) is 10.0 Å². The van der Waals surface area contributed by atoms with Crippen molar-refractivity contribution in [3.63, 3.8) is 0 Å². The molecule has 0 bridgehead atoms. The molecule has 0 spiro atoms. The molecule has 0 aliphatic carbocycles. The van der Waals surface area contributed by atoms with Gasteiger partial charge in [-0.15, -0.1) is 0 Å². The van der Waals surface area contributed by atoms with Crippen molar-refractivity contribution in [2.45, 2.75) is 0 Å². The molecule has 0 unspecified atom stereocenters. The van der Waals surface area contributed by atoms with E-state index in [9.17, 15) is 4.79 Å². The number of halogens is 3. The summed E-state index contributed by atoms with van der Waals surface area (Å²) in [6.07, 6.45) is 0. The van der Waals surface area contributed by atoms with Crippen LogP contribution in [-0.2, 0) is 0 Å². The zero-order chi connectivity index (χ0) is 14.3. The van der Waals surface area contributed by atoms with Gasteiger partial charge in [0, 0.05) is 21.6 Å². The maximum absolute atomic E-state index is 12.2. The Morgan fingerprint density at radius 1 is 1.00 bits per heavy atom. The fourth-order valence-corrected chi connectivity index (χ4v) is 3.01. The second-order valence-corrected chi connectivity index (χ2v) is 5.93. The molecule has 2 aromatic carbocycles. The van der Waals surface area contributed by atoms with E-state index in [4.69, 9.17) is 23.2 Å². The molecular formula is C15H8BrCl2NO. The summed E-state index contributed by atoms with van der Waals surface area (Å²) in [6.45, 7) is 0. The monoisotopic (exact) mass is 367 g/mol. The van der Waals surface area contributed by atoms with Crippen LogP contribution in [0.25, 0.3) is 22.2 Å². The molecule has 0 amide bonds. The van der Waals surface area contributed by atoms with Crippen LogP contribution in [0.3, 0.4) is 0 Å². The lowest BCUT2D eigenvalue weighted by Gasteiger charge is -2.08. The molecule has 0 fully saturated rings. The lowest BCUT2D eigenvalue weighted by Crippen LogP contribution is -2.03. The van der Waals surface area contributed by atoms with Crippen LogP contribution in [0, 0.1) is 0 Å². The van der Waals surface area contributed by atoms with Crippen molar-refractivity contribution in [1.29, 1.82) is 0 Å². The van der Waals surface area contributed by atoms with Gasteiger partial charge in [0.05, 0.1) is 15.6 Å². The summed E-state index contributed by atoms with van der Waals surface area (Å²) >= 11 is 15.6. The standard InChI is InChI=1S/C15H8BrCl2NO/c16-10-6-9-12(20)7-11(8-4-2-1-3-5-8)19-15(9)14(18)13(10)17/h1-7H,(H,19,20). The average Bonchev–Trinajstić information content (AvgIpc) is 2.47. The summed E-state index contributed by atoms with van der Waals surface area (Å²) < 4.78 is 0.606. The van der Waals surface area contributed by atoms with Crippen molar-refractivity contribution in [3.05, 3.63) is 67.2 Å². The number of benzene rings is 2. The Bertz CT molecular complexity index is 859. The lowest BCUT2D eigenvalue weighted by atomic mass is 10.1. The van der Waals surface area contributed by atoms with E-state index in [1.807, 2.05) is 30.3 Å². The molecule has 0 aliphatic heterocycles. The summed E-state index contributed by atoms with van der Waals surface area (Å²) in [7, 11) is 0.